The highest BCUT2D eigenvalue weighted by molar-refractivity contribution is 6.04. The SMILES string of the molecule is COc1ccc([C@@H](NCc2ccc(C(=O)Nc3ccccc3)cc2)c2ccccc2)cc1. The van der Waals surface area contributed by atoms with E-state index in [2.05, 4.69) is 34.9 Å². The van der Waals surface area contributed by atoms with Gasteiger partial charge in [-0.3, -0.25) is 4.79 Å². The van der Waals surface area contributed by atoms with Gasteiger partial charge in [0.05, 0.1) is 13.2 Å². The van der Waals surface area contributed by atoms with Gasteiger partial charge in [0.15, 0.2) is 0 Å². The van der Waals surface area contributed by atoms with Crippen molar-refractivity contribution in [1.29, 1.82) is 0 Å². The Balaban J connectivity index is 1.45. The van der Waals surface area contributed by atoms with Gasteiger partial charge in [0.1, 0.15) is 5.75 Å². The van der Waals surface area contributed by atoms with Crippen LogP contribution in [-0.2, 0) is 6.54 Å². The Morgan fingerprint density at radius 2 is 1.34 bits per heavy atom. The van der Waals surface area contributed by atoms with Crippen molar-refractivity contribution in [3.05, 3.63) is 131 Å². The zero-order valence-electron chi connectivity index (χ0n) is 18.0. The molecule has 0 aliphatic heterocycles. The first-order valence-corrected chi connectivity index (χ1v) is 10.6. The molecule has 0 unspecified atom stereocenters. The Hall–Kier alpha value is -3.89. The first-order valence-electron chi connectivity index (χ1n) is 10.6. The third kappa shape index (κ3) is 5.42. The van der Waals surface area contributed by atoms with Crippen molar-refractivity contribution in [1.82, 2.24) is 5.32 Å². The Kier molecular flexibility index (Phi) is 6.95. The fourth-order valence-electron chi connectivity index (χ4n) is 3.59. The summed E-state index contributed by atoms with van der Waals surface area (Å²) in [5.41, 5.74) is 4.88. The molecule has 0 fully saturated rings. The predicted octanol–water partition coefficient (Wildman–Crippen LogP) is 5.83. The molecule has 160 valence electrons. The number of carbonyl (C=O) groups excluding carboxylic acids is 1. The molecule has 2 N–H and O–H groups in total. The van der Waals surface area contributed by atoms with Gasteiger partial charge >= 0.3 is 0 Å². The third-order valence-corrected chi connectivity index (χ3v) is 5.34. The maximum absolute atomic E-state index is 12.5. The molecular weight excluding hydrogens is 396 g/mol. The second-order valence-electron chi connectivity index (χ2n) is 7.51. The number of amides is 1. The molecule has 4 heteroatoms. The molecule has 32 heavy (non-hydrogen) atoms. The summed E-state index contributed by atoms with van der Waals surface area (Å²) in [6, 6.07) is 35.7. The lowest BCUT2D eigenvalue weighted by Crippen LogP contribution is -2.22. The summed E-state index contributed by atoms with van der Waals surface area (Å²) in [6.07, 6.45) is 0. The van der Waals surface area contributed by atoms with Crippen LogP contribution in [0, 0.1) is 0 Å². The molecule has 0 saturated heterocycles. The lowest BCUT2D eigenvalue weighted by Gasteiger charge is -2.20. The number of rotatable bonds is 8. The molecule has 4 rings (SSSR count). The first-order chi connectivity index (χ1) is 15.7. The average Bonchev–Trinajstić information content (AvgIpc) is 2.86. The van der Waals surface area contributed by atoms with Gasteiger partial charge < -0.3 is 15.4 Å². The van der Waals surface area contributed by atoms with Crippen molar-refractivity contribution in [2.24, 2.45) is 0 Å². The van der Waals surface area contributed by atoms with Crippen LogP contribution in [0.1, 0.15) is 33.1 Å². The van der Waals surface area contributed by atoms with E-state index in [0.29, 0.717) is 12.1 Å². The summed E-state index contributed by atoms with van der Waals surface area (Å²) in [6.45, 7) is 0.673. The fraction of sp³-hybridized carbons (Fsp3) is 0.107. The molecule has 0 aliphatic rings. The number of methoxy groups -OCH3 is 1. The van der Waals surface area contributed by atoms with Gasteiger partial charge in [0.25, 0.3) is 5.91 Å². The standard InChI is InChI=1S/C28H26N2O2/c1-32-26-18-16-23(17-19-26)27(22-8-4-2-5-9-22)29-20-21-12-14-24(15-13-21)28(31)30-25-10-6-3-7-11-25/h2-19,27,29H,20H2,1H3,(H,30,31)/t27-/m0/s1. The molecule has 0 heterocycles. The van der Waals surface area contributed by atoms with Crippen LogP contribution in [0.3, 0.4) is 0 Å². The van der Waals surface area contributed by atoms with Crippen molar-refractivity contribution in [2.75, 3.05) is 12.4 Å². The Labute approximate surface area is 188 Å². The van der Waals surface area contributed by atoms with E-state index < -0.39 is 0 Å². The minimum absolute atomic E-state index is 0.0446. The minimum atomic E-state index is -0.115. The van der Waals surface area contributed by atoms with E-state index in [1.165, 1.54) is 5.56 Å². The molecule has 4 aromatic carbocycles. The highest BCUT2D eigenvalue weighted by Crippen LogP contribution is 2.24. The molecule has 4 aromatic rings. The van der Waals surface area contributed by atoms with E-state index in [1.807, 2.05) is 84.9 Å². The van der Waals surface area contributed by atoms with Crippen LogP contribution in [0.4, 0.5) is 5.69 Å². The summed E-state index contributed by atoms with van der Waals surface area (Å²) in [7, 11) is 1.67. The van der Waals surface area contributed by atoms with Gasteiger partial charge in [-0.15, -0.1) is 0 Å². The van der Waals surface area contributed by atoms with E-state index >= 15 is 0 Å². The first kappa shape index (κ1) is 21.3. The van der Waals surface area contributed by atoms with E-state index in [4.69, 9.17) is 4.74 Å². The molecule has 0 saturated carbocycles. The third-order valence-electron chi connectivity index (χ3n) is 5.34. The minimum Gasteiger partial charge on any atom is -0.497 e. The van der Waals surface area contributed by atoms with Crippen LogP contribution in [0.15, 0.2) is 109 Å². The van der Waals surface area contributed by atoms with Crippen molar-refractivity contribution in [2.45, 2.75) is 12.6 Å². The number of nitrogens with one attached hydrogen (secondary N) is 2. The maximum atomic E-state index is 12.5. The van der Waals surface area contributed by atoms with Gasteiger partial charge in [-0.2, -0.15) is 0 Å². The zero-order valence-corrected chi connectivity index (χ0v) is 18.0. The topological polar surface area (TPSA) is 50.4 Å². The number of para-hydroxylation sites is 1. The van der Waals surface area contributed by atoms with E-state index in [0.717, 1.165) is 22.6 Å². The average molecular weight is 423 g/mol. The number of hydrogen-bond acceptors (Lipinski definition) is 3. The summed E-state index contributed by atoms with van der Waals surface area (Å²) < 4.78 is 5.30. The number of carbonyl (C=O) groups is 1. The Morgan fingerprint density at radius 1 is 0.750 bits per heavy atom. The van der Waals surface area contributed by atoms with Crippen LogP contribution < -0.4 is 15.4 Å². The smallest absolute Gasteiger partial charge is 0.255 e. The maximum Gasteiger partial charge on any atom is 0.255 e. The normalized spacial score (nSPS) is 11.5. The van der Waals surface area contributed by atoms with Gasteiger partial charge in [-0.05, 0) is 53.1 Å². The van der Waals surface area contributed by atoms with Gasteiger partial charge in [0, 0.05) is 17.8 Å². The molecule has 0 aliphatic carbocycles. The molecule has 4 nitrogen and oxygen atoms in total. The second-order valence-corrected chi connectivity index (χ2v) is 7.51. The summed E-state index contributed by atoms with van der Waals surface area (Å²) in [4.78, 5) is 12.5. The van der Waals surface area contributed by atoms with Crippen molar-refractivity contribution in [3.8, 4) is 5.75 Å². The number of hydrogen-bond donors (Lipinski definition) is 2. The van der Waals surface area contributed by atoms with Crippen LogP contribution >= 0.6 is 0 Å². The molecular formula is C28H26N2O2. The van der Waals surface area contributed by atoms with Crippen LogP contribution in [0.5, 0.6) is 5.75 Å². The Bertz CT molecular complexity index is 1130. The largest absolute Gasteiger partial charge is 0.497 e. The summed E-state index contributed by atoms with van der Waals surface area (Å²) >= 11 is 0. The van der Waals surface area contributed by atoms with Crippen molar-refractivity contribution < 1.29 is 9.53 Å². The molecule has 1 amide bonds. The van der Waals surface area contributed by atoms with Crippen LogP contribution in [0.2, 0.25) is 0 Å². The van der Waals surface area contributed by atoms with Crippen molar-refractivity contribution >= 4 is 11.6 Å². The number of ether oxygens (including phenoxy) is 1. The lowest BCUT2D eigenvalue weighted by atomic mass is 9.98. The highest BCUT2D eigenvalue weighted by atomic mass is 16.5. The predicted molar refractivity (Wildman–Crippen MR) is 129 cm³/mol. The fourth-order valence-corrected chi connectivity index (χ4v) is 3.59. The quantitative estimate of drug-likeness (QED) is 0.376. The molecule has 0 radical (unpaired) electrons. The molecule has 0 bridgehead atoms. The van der Waals surface area contributed by atoms with E-state index in [-0.39, 0.29) is 11.9 Å². The summed E-state index contributed by atoms with van der Waals surface area (Å²) in [5, 5.41) is 6.57. The second kappa shape index (κ2) is 10.4. The van der Waals surface area contributed by atoms with Crippen molar-refractivity contribution in [3.63, 3.8) is 0 Å². The monoisotopic (exact) mass is 422 g/mol. The zero-order chi connectivity index (χ0) is 22.2. The molecule has 0 spiro atoms. The van der Waals surface area contributed by atoms with Crippen LogP contribution in [-0.4, -0.2) is 13.0 Å². The van der Waals surface area contributed by atoms with Gasteiger partial charge in [0.2, 0.25) is 0 Å². The molecule has 1 atom stereocenters. The van der Waals surface area contributed by atoms with Gasteiger partial charge in [-0.25, -0.2) is 0 Å². The number of benzene rings is 4. The molecule has 0 aromatic heterocycles. The van der Waals surface area contributed by atoms with Crippen LogP contribution in [0.25, 0.3) is 0 Å². The van der Waals surface area contributed by atoms with Gasteiger partial charge in [-0.1, -0.05) is 72.8 Å². The Morgan fingerprint density at radius 3 is 1.97 bits per heavy atom. The van der Waals surface area contributed by atoms with E-state index in [9.17, 15) is 4.79 Å². The summed E-state index contributed by atoms with van der Waals surface area (Å²) in [5.74, 6) is 0.723. The number of anilines is 1. The highest BCUT2D eigenvalue weighted by Gasteiger charge is 2.14. The lowest BCUT2D eigenvalue weighted by molar-refractivity contribution is 0.102. The van der Waals surface area contributed by atoms with E-state index in [1.54, 1.807) is 7.11 Å².